The Morgan fingerprint density at radius 2 is 2.18 bits per heavy atom. The maximum absolute atomic E-state index is 12.0. The van der Waals surface area contributed by atoms with Gasteiger partial charge in [0.05, 0.1) is 5.69 Å². The molecule has 1 fully saturated rings. The molecule has 1 aliphatic rings. The van der Waals surface area contributed by atoms with Crippen molar-refractivity contribution in [3.63, 3.8) is 0 Å². The lowest BCUT2D eigenvalue weighted by Crippen LogP contribution is -2.24. The fraction of sp³-hybridized carbons (Fsp3) is 0.500. The van der Waals surface area contributed by atoms with Gasteiger partial charge < -0.3 is 10.4 Å². The number of amides is 1. The van der Waals surface area contributed by atoms with Gasteiger partial charge in [0.2, 0.25) is 5.91 Å². The second-order valence-electron chi connectivity index (χ2n) is 5.02. The first-order valence-electron chi connectivity index (χ1n) is 6.18. The Hall–Kier alpha value is -1.51. The van der Waals surface area contributed by atoms with E-state index in [1.54, 1.807) is 12.1 Å². The van der Waals surface area contributed by atoms with E-state index in [2.05, 4.69) is 12.2 Å². The first-order chi connectivity index (χ1) is 8.08. The third-order valence-electron chi connectivity index (χ3n) is 3.61. The molecule has 1 amide bonds. The van der Waals surface area contributed by atoms with Crippen LogP contribution in [0.2, 0.25) is 0 Å². The maximum atomic E-state index is 12.0. The van der Waals surface area contributed by atoms with Crippen molar-refractivity contribution in [2.75, 3.05) is 5.32 Å². The van der Waals surface area contributed by atoms with Crippen molar-refractivity contribution < 1.29 is 9.90 Å². The van der Waals surface area contributed by atoms with Crippen LogP contribution in [0.3, 0.4) is 0 Å². The van der Waals surface area contributed by atoms with Gasteiger partial charge in [0, 0.05) is 5.92 Å². The quantitative estimate of drug-likeness (QED) is 0.771. The summed E-state index contributed by atoms with van der Waals surface area (Å²) in [7, 11) is 0. The molecule has 3 heteroatoms. The van der Waals surface area contributed by atoms with Gasteiger partial charge in [-0.25, -0.2) is 0 Å². The number of aromatic hydroxyl groups is 1. The molecule has 2 rings (SSSR count). The Bertz CT molecular complexity index is 428. The van der Waals surface area contributed by atoms with Crippen LogP contribution in [0, 0.1) is 18.8 Å². The molecule has 1 aliphatic carbocycles. The third-order valence-corrected chi connectivity index (χ3v) is 3.61. The highest BCUT2D eigenvalue weighted by Gasteiger charge is 2.29. The van der Waals surface area contributed by atoms with Crippen LogP contribution in [0.5, 0.6) is 5.75 Å². The summed E-state index contributed by atoms with van der Waals surface area (Å²) >= 11 is 0. The number of anilines is 1. The number of rotatable bonds is 2. The number of carbonyl (C=O) groups excluding carboxylic acids is 1. The molecule has 2 N–H and O–H groups in total. The van der Waals surface area contributed by atoms with Crippen LogP contribution in [0.15, 0.2) is 18.2 Å². The largest absolute Gasteiger partial charge is 0.506 e. The summed E-state index contributed by atoms with van der Waals surface area (Å²) in [6.45, 7) is 4.02. The number of aryl methyl sites for hydroxylation is 1. The zero-order valence-corrected chi connectivity index (χ0v) is 10.4. The lowest BCUT2D eigenvalue weighted by molar-refractivity contribution is -0.120. The molecule has 92 valence electrons. The van der Waals surface area contributed by atoms with Gasteiger partial charge in [-0.05, 0) is 43.4 Å². The number of nitrogens with one attached hydrogen (secondary N) is 1. The minimum atomic E-state index is 0.0363. The van der Waals surface area contributed by atoms with E-state index in [0.717, 1.165) is 24.8 Å². The molecule has 0 spiro atoms. The van der Waals surface area contributed by atoms with E-state index in [9.17, 15) is 9.90 Å². The molecule has 0 saturated heterocycles. The van der Waals surface area contributed by atoms with Crippen molar-refractivity contribution in [1.29, 1.82) is 0 Å². The van der Waals surface area contributed by atoms with E-state index < -0.39 is 0 Å². The molecule has 0 aromatic heterocycles. The number of hydrogen-bond donors (Lipinski definition) is 2. The van der Waals surface area contributed by atoms with Gasteiger partial charge in [-0.3, -0.25) is 4.79 Å². The second-order valence-corrected chi connectivity index (χ2v) is 5.02. The number of hydrogen-bond acceptors (Lipinski definition) is 2. The topological polar surface area (TPSA) is 49.3 Å². The number of phenolic OH excluding ortho intramolecular Hbond substituents is 1. The number of benzene rings is 1. The Kier molecular flexibility index (Phi) is 3.36. The van der Waals surface area contributed by atoms with E-state index in [0.29, 0.717) is 11.6 Å². The van der Waals surface area contributed by atoms with Crippen LogP contribution >= 0.6 is 0 Å². The maximum Gasteiger partial charge on any atom is 0.227 e. The third kappa shape index (κ3) is 2.60. The monoisotopic (exact) mass is 233 g/mol. The summed E-state index contributed by atoms with van der Waals surface area (Å²) < 4.78 is 0. The van der Waals surface area contributed by atoms with Crippen molar-refractivity contribution in [3.05, 3.63) is 23.8 Å². The molecule has 0 radical (unpaired) electrons. The Morgan fingerprint density at radius 1 is 1.41 bits per heavy atom. The molecule has 3 nitrogen and oxygen atoms in total. The molecule has 0 aliphatic heterocycles. The smallest absolute Gasteiger partial charge is 0.227 e. The molecular weight excluding hydrogens is 214 g/mol. The fourth-order valence-electron chi connectivity index (χ4n) is 2.51. The normalized spacial score (nSPS) is 23.6. The van der Waals surface area contributed by atoms with Gasteiger partial charge in [0.25, 0.3) is 0 Å². The summed E-state index contributed by atoms with van der Waals surface area (Å²) in [4.78, 5) is 12.0. The van der Waals surface area contributed by atoms with Crippen LogP contribution in [-0.4, -0.2) is 11.0 Å². The summed E-state index contributed by atoms with van der Waals surface area (Å²) in [5, 5.41) is 12.6. The van der Waals surface area contributed by atoms with Crippen molar-refractivity contribution in [2.45, 2.75) is 33.1 Å². The SMILES string of the molecule is Cc1ccc(NC(=O)C2CCCC2C)c(O)c1. The summed E-state index contributed by atoms with van der Waals surface area (Å²) in [5.74, 6) is 0.719. The minimum Gasteiger partial charge on any atom is -0.506 e. The first kappa shape index (κ1) is 12.0. The minimum absolute atomic E-state index is 0.0363. The van der Waals surface area contributed by atoms with E-state index >= 15 is 0 Å². The van der Waals surface area contributed by atoms with Crippen molar-refractivity contribution in [1.82, 2.24) is 0 Å². The highest BCUT2D eigenvalue weighted by molar-refractivity contribution is 5.94. The lowest BCUT2D eigenvalue weighted by Gasteiger charge is -2.15. The Balaban J connectivity index is 2.07. The predicted molar refractivity (Wildman–Crippen MR) is 68.0 cm³/mol. The standard InChI is InChI=1S/C14H19NO2/c1-9-6-7-12(13(16)8-9)15-14(17)11-5-3-4-10(11)2/h6-8,10-11,16H,3-5H2,1-2H3,(H,15,17). The highest BCUT2D eigenvalue weighted by atomic mass is 16.3. The van der Waals surface area contributed by atoms with E-state index in [4.69, 9.17) is 0 Å². The average molecular weight is 233 g/mol. The molecule has 1 saturated carbocycles. The van der Waals surface area contributed by atoms with Crippen LogP contribution in [0.1, 0.15) is 31.7 Å². The van der Waals surface area contributed by atoms with E-state index in [1.807, 2.05) is 13.0 Å². The first-order valence-corrected chi connectivity index (χ1v) is 6.18. The molecule has 1 aromatic carbocycles. The van der Waals surface area contributed by atoms with Gasteiger partial charge in [-0.1, -0.05) is 19.4 Å². The van der Waals surface area contributed by atoms with Gasteiger partial charge >= 0.3 is 0 Å². The molecule has 1 aromatic rings. The van der Waals surface area contributed by atoms with Gasteiger partial charge in [0.1, 0.15) is 5.75 Å². The zero-order valence-electron chi connectivity index (χ0n) is 10.4. The molecular formula is C14H19NO2. The van der Waals surface area contributed by atoms with E-state index in [-0.39, 0.29) is 17.6 Å². The van der Waals surface area contributed by atoms with Gasteiger partial charge in [-0.15, -0.1) is 0 Å². The zero-order chi connectivity index (χ0) is 12.4. The second kappa shape index (κ2) is 4.78. The van der Waals surface area contributed by atoms with Crippen molar-refractivity contribution >= 4 is 11.6 Å². The predicted octanol–water partition coefficient (Wildman–Crippen LogP) is 3.08. The van der Waals surface area contributed by atoms with Crippen LogP contribution in [0.4, 0.5) is 5.69 Å². The lowest BCUT2D eigenvalue weighted by atomic mass is 9.97. The summed E-state index contributed by atoms with van der Waals surface area (Å²) in [5.41, 5.74) is 1.49. The molecule has 2 unspecified atom stereocenters. The number of phenols is 1. The highest BCUT2D eigenvalue weighted by Crippen LogP contribution is 2.33. The van der Waals surface area contributed by atoms with E-state index in [1.165, 1.54) is 0 Å². The Morgan fingerprint density at radius 3 is 2.76 bits per heavy atom. The van der Waals surface area contributed by atoms with Crippen LogP contribution in [-0.2, 0) is 4.79 Å². The molecule has 0 bridgehead atoms. The summed E-state index contributed by atoms with van der Waals surface area (Å²) in [6.07, 6.45) is 3.21. The van der Waals surface area contributed by atoms with Crippen molar-refractivity contribution in [2.24, 2.45) is 11.8 Å². The fourth-order valence-corrected chi connectivity index (χ4v) is 2.51. The summed E-state index contributed by atoms with van der Waals surface area (Å²) in [6, 6.07) is 5.29. The molecule has 0 heterocycles. The average Bonchev–Trinajstić information content (AvgIpc) is 2.68. The van der Waals surface area contributed by atoms with Crippen molar-refractivity contribution in [3.8, 4) is 5.75 Å². The molecule has 17 heavy (non-hydrogen) atoms. The molecule has 2 atom stereocenters. The van der Waals surface area contributed by atoms with Crippen LogP contribution < -0.4 is 5.32 Å². The van der Waals surface area contributed by atoms with Gasteiger partial charge in [0.15, 0.2) is 0 Å². The van der Waals surface area contributed by atoms with Gasteiger partial charge in [-0.2, -0.15) is 0 Å². The number of carbonyl (C=O) groups is 1. The van der Waals surface area contributed by atoms with Crippen LogP contribution in [0.25, 0.3) is 0 Å². The Labute approximate surface area is 102 Å².